The molecule has 5 nitrogen and oxygen atoms in total. The van der Waals surface area contributed by atoms with E-state index < -0.39 is 0 Å². The molecule has 15 heavy (non-hydrogen) atoms. The van der Waals surface area contributed by atoms with Crippen molar-refractivity contribution in [1.29, 1.82) is 0 Å². The Morgan fingerprint density at radius 2 is 1.67 bits per heavy atom. The van der Waals surface area contributed by atoms with E-state index in [0.29, 0.717) is 19.6 Å². The smallest absolute Gasteiger partial charge is 0.236 e. The van der Waals surface area contributed by atoms with E-state index in [1.54, 1.807) is 4.90 Å². The van der Waals surface area contributed by atoms with Crippen LogP contribution in [0.2, 0.25) is 0 Å². The van der Waals surface area contributed by atoms with Crippen molar-refractivity contribution < 1.29 is 15.0 Å². The Labute approximate surface area is 90.3 Å². The van der Waals surface area contributed by atoms with E-state index in [1.165, 1.54) is 0 Å². The summed E-state index contributed by atoms with van der Waals surface area (Å²) in [5, 5.41) is 17.6. The van der Waals surface area contributed by atoms with Gasteiger partial charge in [0, 0.05) is 26.2 Å². The standard InChI is InChI=1S/C10H20N2O3/c13-7-5-11(6-8-14)9-10(15)12-3-1-2-4-12/h13-14H,1-9H2. The first kappa shape index (κ1) is 12.4. The molecule has 2 N–H and O–H groups in total. The van der Waals surface area contributed by atoms with Crippen molar-refractivity contribution in [3.05, 3.63) is 0 Å². The normalized spacial score (nSPS) is 16.3. The highest BCUT2D eigenvalue weighted by molar-refractivity contribution is 5.78. The van der Waals surface area contributed by atoms with Crippen molar-refractivity contribution in [3.63, 3.8) is 0 Å². The molecule has 0 saturated carbocycles. The first-order valence-corrected chi connectivity index (χ1v) is 5.49. The van der Waals surface area contributed by atoms with E-state index in [4.69, 9.17) is 10.2 Å². The predicted molar refractivity (Wildman–Crippen MR) is 56.4 cm³/mol. The van der Waals surface area contributed by atoms with Crippen molar-refractivity contribution >= 4 is 5.91 Å². The van der Waals surface area contributed by atoms with Crippen LogP contribution in [0.15, 0.2) is 0 Å². The first-order chi connectivity index (χ1) is 7.27. The number of carbonyl (C=O) groups is 1. The molecular weight excluding hydrogens is 196 g/mol. The second-order valence-corrected chi connectivity index (χ2v) is 3.81. The van der Waals surface area contributed by atoms with Crippen LogP contribution in [0.5, 0.6) is 0 Å². The molecule has 0 aliphatic carbocycles. The summed E-state index contributed by atoms with van der Waals surface area (Å²) in [6.45, 7) is 2.94. The minimum atomic E-state index is 0.0211. The minimum absolute atomic E-state index is 0.0211. The number of likely N-dealkylation sites (tertiary alicyclic amines) is 1. The van der Waals surface area contributed by atoms with Crippen LogP contribution in [0, 0.1) is 0 Å². The Hall–Kier alpha value is -0.650. The van der Waals surface area contributed by atoms with Gasteiger partial charge in [0.1, 0.15) is 0 Å². The SMILES string of the molecule is O=C(CN(CCO)CCO)N1CCCC1. The molecule has 1 heterocycles. The Morgan fingerprint density at radius 1 is 1.13 bits per heavy atom. The molecule has 0 aromatic rings. The van der Waals surface area contributed by atoms with Crippen LogP contribution in [-0.4, -0.2) is 71.9 Å². The number of carbonyl (C=O) groups excluding carboxylic acids is 1. The molecule has 1 aliphatic rings. The molecule has 0 aromatic carbocycles. The average Bonchev–Trinajstić information content (AvgIpc) is 2.71. The number of aliphatic hydroxyl groups excluding tert-OH is 2. The molecule has 0 bridgehead atoms. The van der Waals surface area contributed by atoms with Gasteiger partial charge in [-0.25, -0.2) is 0 Å². The monoisotopic (exact) mass is 216 g/mol. The molecule has 0 radical (unpaired) electrons. The van der Waals surface area contributed by atoms with Gasteiger partial charge in [-0.1, -0.05) is 0 Å². The summed E-state index contributed by atoms with van der Waals surface area (Å²) in [5.74, 6) is 0.106. The zero-order chi connectivity index (χ0) is 11.1. The number of hydrogen-bond acceptors (Lipinski definition) is 4. The topological polar surface area (TPSA) is 64.0 Å². The van der Waals surface area contributed by atoms with Gasteiger partial charge in [0.2, 0.25) is 5.91 Å². The van der Waals surface area contributed by atoms with Crippen LogP contribution in [0.3, 0.4) is 0 Å². The number of nitrogens with zero attached hydrogens (tertiary/aromatic N) is 2. The first-order valence-electron chi connectivity index (χ1n) is 5.49. The maximum absolute atomic E-state index is 11.7. The van der Waals surface area contributed by atoms with Crippen molar-refractivity contribution in [2.45, 2.75) is 12.8 Å². The van der Waals surface area contributed by atoms with Gasteiger partial charge in [-0.05, 0) is 12.8 Å². The van der Waals surface area contributed by atoms with E-state index in [1.807, 2.05) is 4.90 Å². The highest BCUT2D eigenvalue weighted by atomic mass is 16.3. The Kier molecular flexibility index (Phi) is 5.60. The van der Waals surface area contributed by atoms with Crippen LogP contribution in [0.1, 0.15) is 12.8 Å². The molecule has 1 aliphatic heterocycles. The average molecular weight is 216 g/mol. The van der Waals surface area contributed by atoms with Crippen molar-refractivity contribution in [2.75, 3.05) is 45.9 Å². The van der Waals surface area contributed by atoms with Crippen molar-refractivity contribution in [2.24, 2.45) is 0 Å². The fourth-order valence-electron chi connectivity index (χ4n) is 1.81. The lowest BCUT2D eigenvalue weighted by atomic mass is 10.4. The van der Waals surface area contributed by atoms with Crippen LogP contribution < -0.4 is 0 Å². The second-order valence-electron chi connectivity index (χ2n) is 3.81. The van der Waals surface area contributed by atoms with E-state index in [-0.39, 0.29) is 19.1 Å². The highest BCUT2D eigenvalue weighted by Crippen LogP contribution is 2.07. The van der Waals surface area contributed by atoms with E-state index >= 15 is 0 Å². The van der Waals surface area contributed by atoms with Crippen LogP contribution in [-0.2, 0) is 4.79 Å². The maximum Gasteiger partial charge on any atom is 0.236 e. The van der Waals surface area contributed by atoms with Gasteiger partial charge >= 0.3 is 0 Å². The lowest BCUT2D eigenvalue weighted by Gasteiger charge is -2.23. The third kappa shape index (κ3) is 4.15. The van der Waals surface area contributed by atoms with Gasteiger partial charge in [-0.15, -0.1) is 0 Å². The van der Waals surface area contributed by atoms with Gasteiger partial charge in [-0.3, -0.25) is 9.69 Å². The predicted octanol–water partition coefficient (Wildman–Crippen LogP) is -1.10. The number of amides is 1. The van der Waals surface area contributed by atoms with Gasteiger partial charge in [-0.2, -0.15) is 0 Å². The molecule has 1 saturated heterocycles. The molecule has 1 rings (SSSR count). The molecule has 1 amide bonds. The molecular formula is C10H20N2O3. The highest BCUT2D eigenvalue weighted by Gasteiger charge is 2.19. The summed E-state index contributed by atoms with van der Waals surface area (Å²) in [5.41, 5.74) is 0. The summed E-state index contributed by atoms with van der Waals surface area (Å²) in [7, 11) is 0. The zero-order valence-corrected chi connectivity index (χ0v) is 9.06. The Morgan fingerprint density at radius 3 is 2.13 bits per heavy atom. The Balaban J connectivity index is 2.31. The lowest BCUT2D eigenvalue weighted by molar-refractivity contribution is -0.131. The van der Waals surface area contributed by atoms with E-state index in [0.717, 1.165) is 25.9 Å². The molecule has 0 unspecified atom stereocenters. The van der Waals surface area contributed by atoms with Crippen molar-refractivity contribution in [1.82, 2.24) is 9.80 Å². The van der Waals surface area contributed by atoms with Crippen molar-refractivity contribution in [3.8, 4) is 0 Å². The molecule has 0 spiro atoms. The lowest BCUT2D eigenvalue weighted by Crippen LogP contribution is -2.41. The molecule has 1 fully saturated rings. The fourth-order valence-corrected chi connectivity index (χ4v) is 1.81. The van der Waals surface area contributed by atoms with Gasteiger partial charge < -0.3 is 15.1 Å². The van der Waals surface area contributed by atoms with Crippen LogP contribution in [0.4, 0.5) is 0 Å². The van der Waals surface area contributed by atoms with Crippen LogP contribution >= 0.6 is 0 Å². The maximum atomic E-state index is 11.7. The third-order valence-electron chi connectivity index (χ3n) is 2.65. The minimum Gasteiger partial charge on any atom is -0.395 e. The fraction of sp³-hybridized carbons (Fsp3) is 0.900. The number of hydrogen-bond donors (Lipinski definition) is 2. The van der Waals surface area contributed by atoms with Gasteiger partial charge in [0.05, 0.1) is 19.8 Å². The number of rotatable bonds is 6. The summed E-state index contributed by atoms with van der Waals surface area (Å²) < 4.78 is 0. The summed E-state index contributed by atoms with van der Waals surface area (Å²) in [4.78, 5) is 15.4. The summed E-state index contributed by atoms with van der Waals surface area (Å²) in [6.07, 6.45) is 2.18. The largest absolute Gasteiger partial charge is 0.395 e. The summed E-state index contributed by atoms with van der Waals surface area (Å²) >= 11 is 0. The molecule has 0 atom stereocenters. The third-order valence-corrected chi connectivity index (χ3v) is 2.65. The Bertz CT molecular complexity index is 187. The van der Waals surface area contributed by atoms with Crippen LogP contribution in [0.25, 0.3) is 0 Å². The molecule has 5 heteroatoms. The molecule has 0 aromatic heterocycles. The van der Waals surface area contributed by atoms with Gasteiger partial charge in [0.15, 0.2) is 0 Å². The summed E-state index contributed by atoms with van der Waals surface area (Å²) in [6, 6.07) is 0. The molecule has 88 valence electrons. The second kappa shape index (κ2) is 6.76. The van der Waals surface area contributed by atoms with E-state index in [2.05, 4.69) is 0 Å². The quantitative estimate of drug-likeness (QED) is 0.591. The van der Waals surface area contributed by atoms with E-state index in [9.17, 15) is 4.79 Å². The zero-order valence-electron chi connectivity index (χ0n) is 9.06. The number of aliphatic hydroxyl groups is 2. The van der Waals surface area contributed by atoms with Gasteiger partial charge in [0.25, 0.3) is 0 Å².